The predicted molar refractivity (Wildman–Crippen MR) is 85.2 cm³/mol. The van der Waals surface area contributed by atoms with Crippen LogP contribution in [0.3, 0.4) is 0 Å². The molecule has 4 nitrogen and oxygen atoms in total. The van der Waals surface area contributed by atoms with E-state index in [2.05, 4.69) is 0 Å². The number of hydrogen-bond acceptors (Lipinski definition) is 3. The second kappa shape index (κ2) is 5.93. The van der Waals surface area contributed by atoms with Gasteiger partial charge in [-0.1, -0.05) is 34.6 Å². The van der Waals surface area contributed by atoms with Gasteiger partial charge in [0.15, 0.2) is 0 Å². The molecule has 0 radical (unpaired) electrons. The molecule has 122 valence electrons. The van der Waals surface area contributed by atoms with E-state index < -0.39 is 21.7 Å². The highest BCUT2D eigenvalue weighted by molar-refractivity contribution is 7.88. The second-order valence-corrected chi connectivity index (χ2v) is 10.4. The van der Waals surface area contributed by atoms with Crippen LogP contribution in [-0.2, 0) is 10.0 Å². The first-order valence-corrected chi connectivity index (χ1v) is 9.00. The maximum atomic E-state index is 11.9. The number of sulfonamides is 1. The summed E-state index contributed by atoms with van der Waals surface area (Å²) in [6, 6.07) is 0. The largest absolute Gasteiger partial charge is 0.392 e. The summed E-state index contributed by atoms with van der Waals surface area (Å²) in [5, 5.41) is 10.5. The van der Waals surface area contributed by atoms with Crippen molar-refractivity contribution in [2.75, 3.05) is 12.8 Å². The molecule has 0 aromatic carbocycles. The third kappa shape index (κ3) is 5.70. The quantitative estimate of drug-likeness (QED) is 0.849. The Balaban J connectivity index is 5.07. The molecule has 20 heavy (non-hydrogen) atoms. The molecule has 0 aliphatic heterocycles. The molecule has 1 N–H and O–H groups in total. The van der Waals surface area contributed by atoms with Crippen LogP contribution in [0.2, 0.25) is 0 Å². The molecular weight excluding hydrogens is 274 g/mol. The Morgan fingerprint density at radius 3 is 1.65 bits per heavy atom. The molecule has 1 unspecified atom stereocenters. The average molecular weight is 308 g/mol. The van der Waals surface area contributed by atoms with Crippen LogP contribution in [0, 0.1) is 10.8 Å². The molecule has 0 bridgehead atoms. The lowest BCUT2D eigenvalue weighted by Crippen LogP contribution is -2.48. The van der Waals surface area contributed by atoms with E-state index in [4.69, 9.17) is 0 Å². The Bertz CT molecular complexity index is 413. The molecule has 0 aromatic heterocycles. The molecule has 0 amide bonds. The van der Waals surface area contributed by atoms with E-state index in [1.54, 1.807) is 0 Å². The average Bonchev–Trinajstić information content (AvgIpc) is 2.10. The summed E-state index contributed by atoms with van der Waals surface area (Å²) in [4.78, 5) is 0. The summed E-state index contributed by atoms with van der Waals surface area (Å²) in [7, 11) is -3.25. The SMILES string of the molecule is CC(C)(C)C(O)C(C)(C)CCN(C(C)(C)C)S(C)(=O)=O. The standard InChI is InChI=1S/C15H33NO3S/c1-13(2,3)12(17)15(7,8)10-11-16(14(4,5)6)20(9,18)19/h12,17H,10-11H2,1-9H3. The normalized spacial score (nSPS) is 16.6. The van der Waals surface area contributed by atoms with Crippen LogP contribution in [0.15, 0.2) is 0 Å². The molecule has 0 rings (SSSR count). The van der Waals surface area contributed by atoms with Crippen molar-refractivity contribution >= 4 is 10.0 Å². The van der Waals surface area contributed by atoms with Gasteiger partial charge in [-0.25, -0.2) is 8.42 Å². The van der Waals surface area contributed by atoms with Crippen LogP contribution < -0.4 is 0 Å². The molecular formula is C15H33NO3S. The number of aliphatic hydroxyl groups is 1. The van der Waals surface area contributed by atoms with Crippen molar-refractivity contribution in [1.82, 2.24) is 4.31 Å². The van der Waals surface area contributed by atoms with Gasteiger partial charge in [-0.05, 0) is 38.0 Å². The first-order chi connectivity index (χ1) is 8.49. The second-order valence-electron chi connectivity index (χ2n) is 8.51. The van der Waals surface area contributed by atoms with E-state index in [-0.39, 0.29) is 10.8 Å². The first-order valence-electron chi connectivity index (χ1n) is 7.15. The number of aliphatic hydroxyl groups excluding tert-OH is 1. The van der Waals surface area contributed by atoms with E-state index in [1.807, 2.05) is 55.4 Å². The summed E-state index contributed by atoms with van der Waals surface area (Å²) < 4.78 is 25.4. The minimum absolute atomic E-state index is 0.221. The first kappa shape index (κ1) is 19.9. The van der Waals surface area contributed by atoms with Crippen LogP contribution in [-0.4, -0.2) is 42.3 Å². The van der Waals surface area contributed by atoms with Gasteiger partial charge in [-0.2, -0.15) is 4.31 Å². The molecule has 0 saturated heterocycles. The molecule has 0 aliphatic carbocycles. The van der Waals surface area contributed by atoms with Gasteiger partial charge in [0.25, 0.3) is 0 Å². The molecule has 0 aliphatic rings. The molecule has 0 saturated carbocycles. The van der Waals surface area contributed by atoms with Crippen molar-refractivity contribution in [3.05, 3.63) is 0 Å². The molecule has 0 heterocycles. The lowest BCUT2D eigenvalue weighted by molar-refractivity contribution is -0.0392. The Morgan fingerprint density at radius 1 is 1.00 bits per heavy atom. The van der Waals surface area contributed by atoms with E-state index in [0.717, 1.165) is 0 Å². The predicted octanol–water partition coefficient (Wildman–Crippen LogP) is 2.87. The molecule has 0 fully saturated rings. The summed E-state index contributed by atoms with van der Waals surface area (Å²) in [6.45, 7) is 16.1. The monoisotopic (exact) mass is 307 g/mol. The zero-order valence-electron chi connectivity index (χ0n) is 14.6. The van der Waals surface area contributed by atoms with Crippen molar-refractivity contribution < 1.29 is 13.5 Å². The highest BCUT2D eigenvalue weighted by atomic mass is 32.2. The van der Waals surface area contributed by atoms with Crippen molar-refractivity contribution in [3.63, 3.8) is 0 Å². The van der Waals surface area contributed by atoms with Gasteiger partial charge in [-0.15, -0.1) is 0 Å². The molecule has 0 spiro atoms. The summed E-state index contributed by atoms with van der Waals surface area (Å²) >= 11 is 0. The van der Waals surface area contributed by atoms with Crippen molar-refractivity contribution in [2.24, 2.45) is 10.8 Å². The van der Waals surface area contributed by atoms with E-state index in [1.165, 1.54) is 10.6 Å². The van der Waals surface area contributed by atoms with E-state index in [9.17, 15) is 13.5 Å². The summed E-state index contributed by atoms with van der Waals surface area (Å²) in [5.74, 6) is 0. The van der Waals surface area contributed by atoms with Gasteiger partial charge >= 0.3 is 0 Å². The maximum absolute atomic E-state index is 11.9. The lowest BCUT2D eigenvalue weighted by atomic mass is 9.71. The highest BCUT2D eigenvalue weighted by Gasteiger charge is 2.38. The number of nitrogens with zero attached hydrogens (tertiary/aromatic N) is 1. The van der Waals surface area contributed by atoms with Crippen LogP contribution in [0.5, 0.6) is 0 Å². The Labute approximate surface area is 125 Å². The Morgan fingerprint density at radius 2 is 1.40 bits per heavy atom. The van der Waals surface area contributed by atoms with E-state index >= 15 is 0 Å². The van der Waals surface area contributed by atoms with Crippen molar-refractivity contribution in [1.29, 1.82) is 0 Å². The fraction of sp³-hybridized carbons (Fsp3) is 1.00. The van der Waals surface area contributed by atoms with Gasteiger partial charge in [0.05, 0.1) is 12.4 Å². The topological polar surface area (TPSA) is 57.6 Å². The summed E-state index contributed by atoms with van der Waals surface area (Å²) in [5.41, 5.74) is -1.01. The van der Waals surface area contributed by atoms with Crippen LogP contribution >= 0.6 is 0 Å². The zero-order valence-corrected chi connectivity index (χ0v) is 15.4. The summed E-state index contributed by atoms with van der Waals surface area (Å²) in [6.07, 6.45) is 1.37. The third-order valence-corrected chi connectivity index (χ3v) is 5.20. The lowest BCUT2D eigenvalue weighted by Gasteiger charge is -2.41. The number of rotatable bonds is 5. The minimum Gasteiger partial charge on any atom is -0.392 e. The third-order valence-electron chi connectivity index (χ3n) is 3.67. The van der Waals surface area contributed by atoms with Gasteiger partial charge in [0, 0.05) is 12.1 Å². The van der Waals surface area contributed by atoms with Gasteiger partial charge in [0.2, 0.25) is 10.0 Å². The highest BCUT2D eigenvalue weighted by Crippen LogP contribution is 2.37. The Kier molecular flexibility index (Phi) is 5.89. The molecule has 5 heteroatoms. The molecule has 1 atom stereocenters. The maximum Gasteiger partial charge on any atom is 0.211 e. The van der Waals surface area contributed by atoms with Crippen molar-refractivity contribution in [2.45, 2.75) is 73.5 Å². The fourth-order valence-corrected chi connectivity index (χ4v) is 4.12. The zero-order chi connectivity index (χ0) is 16.6. The number of hydrogen-bond donors (Lipinski definition) is 1. The van der Waals surface area contributed by atoms with Gasteiger partial charge in [-0.3, -0.25) is 0 Å². The smallest absolute Gasteiger partial charge is 0.211 e. The van der Waals surface area contributed by atoms with Crippen molar-refractivity contribution in [3.8, 4) is 0 Å². The van der Waals surface area contributed by atoms with Gasteiger partial charge in [0.1, 0.15) is 0 Å². The molecule has 0 aromatic rings. The van der Waals surface area contributed by atoms with Gasteiger partial charge < -0.3 is 5.11 Å². The Hall–Kier alpha value is -0.130. The van der Waals surface area contributed by atoms with Crippen LogP contribution in [0.1, 0.15) is 61.8 Å². The van der Waals surface area contributed by atoms with Crippen LogP contribution in [0.25, 0.3) is 0 Å². The van der Waals surface area contributed by atoms with E-state index in [0.29, 0.717) is 13.0 Å². The van der Waals surface area contributed by atoms with Crippen LogP contribution in [0.4, 0.5) is 0 Å². The fourth-order valence-electron chi connectivity index (χ4n) is 2.70. The minimum atomic E-state index is -3.25.